The molecule has 0 saturated heterocycles. The van der Waals surface area contributed by atoms with Gasteiger partial charge in [0.05, 0.1) is 12.5 Å². The van der Waals surface area contributed by atoms with E-state index >= 15 is 0 Å². The molecule has 0 radical (unpaired) electrons. The predicted molar refractivity (Wildman–Crippen MR) is 77.3 cm³/mol. The van der Waals surface area contributed by atoms with E-state index in [1.807, 2.05) is 27.7 Å². The van der Waals surface area contributed by atoms with Crippen LogP contribution in [-0.2, 0) is 16.8 Å². The highest BCUT2D eigenvalue weighted by atomic mass is 16.5. The maximum absolute atomic E-state index is 10.1. The van der Waals surface area contributed by atoms with Gasteiger partial charge in [0.1, 0.15) is 5.60 Å². The smallest absolute Gasteiger partial charge is 0.229 e. The third kappa shape index (κ3) is 3.79. The number of nitrogens with zero attached hydrogens (tertiary/aromatic N) is 2. The van der Waals surface area contributed by atoms with Gasteiger partial charge in [-0.15, -0.1) is 0 Å². The molecule has 116 valence electrons. The average Bonchev–Trinajstić information content (AvgIpc) is 2.84. The molecule has 5 heteroatoms. The Morgan fingerprint density at radius 1 is 1.20 bits per heavy atom. The number of aliphatic hydroxyl groups is 1. The molecule has 0 bridgehead atoms. The summed E-state index contributed by atoms with van der Waals surface area (Å²) in [5.74, 6) is 1.05. The third-order valence-electron chi connectivity index (χ3n) is 3.81. The molecular formula is C15H28N2O3. The number of rotatable bonds is 7. The fraction of sp³-hybridized carbons (Fsp3) is 0.867. The topological polar surface area (TPSA) is 68.4 Å². The molecule has 1 heterocycles. The first-order valence-corrected chi connectivity index (χ1v) is 7.44. The lowest BCUT2D eigenvalue weighted by Crippen LogP contribution is -2.30. The number of ether oxygens (including phenoxy) is 1. The third-order valence-corrected chi connectivity index (χ3v) is 3.81. The van der Waals surface area contributed by atoms with Crippen molar-refractivity contribution in [3.63, 3.8) is 0 Å². The lowest BCUT2D eigenvalue weighted by Gasteiger charge is -2.27. The highest BCUT2D eigenvalue weighted by molar-refractivity contribution is 5.02. The van der Waals surface area contributed by atoms with Gasteiger partial charge in [0.15, 0.2) is 0 Å². The van der Waals surface area contributed by atoms with Crippen LogP contribution in [0.2, 0.25) is 0 Å². The number of aromatic nitrogens is 2. The summed E-state index contributed by atoms with van der Waals surface area (Å²) in [5.41, 5.74) is -0.690. The van der Waals surface area contributed by atoms with Crippen molar-refractivity contribution in [1.29, 1.82) is 0 Å². The van der Waals surface area contributed by atoms with Gasteiger partial charge in [-0.05, 0) is 25.2 Å². The summed E-state index contributed by atoms with van der Waals surface area (Å²) in [4.78, 5) is 4.43. The van der Waals surface area contributed by atoms with Gasteiger partial charge in [0, 0.05) is 6.61 Å². The van der Waals surface area contributed by atoms with Crippen LogP contribution in [0.15, 0.2) is 4.52 Å². The minimum absolute atomic E-state index is 0.207. The van der Waals surface area contributed by atoms with Crippen LogP contribution in [0.25, 0.3) is 0 Å². The van der Waals surface area contributed by atoms with Gasteiger partial charge in [0.2, 0.25) is 11.7 Å². The number of hydrogen-bond acceptors (Lipinski definition) is 5. The van der Waals surface area contributed by atoms with E-state index in [-0.39, 0.29) is 5.41 Å². The summed E-state index contributed by atoms with van der Waals surface area (Å²) in [6, 6.07) is 0. The van der Waals surface area contributed by atoms with Gasteiger partial charge < -0.3 is 14.4 Å². The van der Waals surface area contributed by atoms with Crippen LogP contribution in [0, 0.1) is 5.41 Å². The molecule has 1 N–H and O–H groups in total. The quantitative estimate of drug-likeness (QED) is 0.833. The van der Waals surface area contributed by atoms with Crippen molar-refractivity contribution in [2.75, 3.05) is 6.61 Å². The Bertz CT molecular complexity index is 405. The summed E-state index contributed by atoms with van der Waals surface area (Å²) in [6.45, 7) is 12.6. The van der Waals surface area contributed by atoms with Crippen LogP contribution in [0.1, 0.15) is 66.1 Å². The minimum atomic E-state index is -0.513. The standard InChI is InChI=1S/C15H28N2O3/c1-7-15(8-2,19-9-3)13-16-12(20-17-13)10-11(18)14(4,5)6/h11,18H,7-10H2,1-6H3. The molecule has 0 aliphatic heterocycles. The van der Waals surface area contributed by atoms with E-state index < -0.39 is 11.7 Å². The Labute approximate surface area is 121 Å². The van der Waals surface area contributed by atoms with Crippen LogP contribution in [0.3, 0.4) is 0 Å². The molecule has 20 heavy (non-hydrogen) atoms. The first kappa shape index (κ1) is 17.1. The van der Waals surface area contributed by atoms with Gasteiger partial charge in [0.25, 0.3) is 0 Å². The summed E-state index contributed by atoms with van der Waals surface area (Å²) < 4.78 is 11.1. The lowest BCUT2D eigenvalue weighted by molar-refractivity contribution is -0.0583. The predicted octanol–water partition coefficient (Wildman–Crippen LogP) is 3.07. The van der Waals surface area contributed by atoms with Crippen molar-refractivity contribution in [2.45, 2.75) is 72.5 Å². The van der Waals surface area contributed by atoms with Crippen LogP contribution in [0.5, 0.6) is 0 Å². The summed E-state index contributed by atoms with van der Waals surface area (Å²) in [6.07, 6.45) is 1.43. The van der Waals surface area contributed by atoms with Crippen LogP contribution in [-0.4, -0.2) is 28.0 Å². The Morgan fingerprint density at radius 3 is 2.25 bits per heavy atom. The van der Waals surface area contributed by atoms with E-state index in [9.17, 15) is 5.11 Å². The fourth-order valence-corrected chi connectivity index (χ4v) is 2.11. The van der Waals surface area contributed by atoms with E-state index in [4.69, 9.17) is 9.26 Å². The first-order chi connectivity index (χ1) is 9.29. The van der Waals surface area contributed by atoms with Crippen molar-refractivity contribution < 1.29 is 14.4 Å². The second-order valence-electron chi connectivity index (χ2n) is 6.23. The molecule has 0 saturated carbocycles. The van der Waals surface area contributed by atoms with Crippen LogP contribution in [0.4, 0.5) is 0 Å². The zero-order valence-electron chi connectivity index (χ0n) is 13.6. The van der Waals surface area contributed by atoms with Crippen molar-refractivity contribution >= 4 is 0 Å². The van der Waals surface area contributed by atoms with E-state index in [0.717, 1.165) is 12.8 Å². The Morgan fingerprint density at radius 2 is 1.80 bits per heavy atom. The second kappa shape index (κ2) is 6.68. The lowest BCUT2D eigenvalue weighted by atomic mass is 9.87. The molecule has 0 spiro atoms. The van der Waals surface area contributed by atoms with E-state index in [1.165, 1.54) is 0 Å². The highest BCUT2D eigenvalue weighted by Gasteiger charge is 2.35. The Hall–Kier alpha value is -0.940. The largest absolute Gasteiger partial charge is 0.392 e. The molecule has 0 aliphatic rings. The van der Waals surface area contributed by atoms with Crippen LogP contribution < -0.4 is 0 Å². The Balaban J connectivity index is 2.90. The molecule has 1 aromatic heterocycles. The van der Waals surface area contributed by atoms with Crippen molar-refractivity contribution in [3.8, 4) is 0 Å². The average molecular weight is 284 g/mol. The molecule has 0 amide bonds. The second-order valence-corrected chi connectivity index (χ2v) is 6.23. The van der Waals surface area contributed by atoms with Gasteiger partial charge in [-0.1, -0.05) is 39.8 Å². The molecule has 1 unspecified atom stereocenters. The van der Waals surface area contributed by atoms with Gasteiger partial charge >= 0.3 is 0 Å². The number of aliphatic hydroxyl groups excluding tert-OH is 1. The van der Waals surface area contributed by atoms with Crippen molar-refractivity contribution in [3.05, 3.63) is 11.7 Å². The van der Waals surface area contributed by atoms with Gasteiger partial charge in [-0.2, -0.15) is 4.98 Å². The number of hydrogen-bond donors (Lipinski definition) is 1. The molecule has 1 rings (SSSR count). The highest BCUT2D eigenvalue weighted by Crippen LogP contribution is 2.31. The monoisotopic (exact) mass is 284 g/mol. The van der Waals surface area contributed by atoms with Crippen LogP contribution >= 0.6 is 0 Å². The maximum Gasteiger partial charge on any atom is 0.229 e. The summed E-state index contributed by atoms with van der Waals surface area (Å²) in [7, 11) is 0. The first-order valence-electron chi connectivity index (χ1n) is 7.44. The van der Waals surface area contributed by atoms with Gasteiger partial charge in [-0.3, -0.25) is 0 Å². The molecule has 1 atom stereocenters. The molecule has 1 aromatic rings. The van der Waals surface area contributed by atoms with E-state index in [0.29, 0.717) is 24.7 Å². The summed E-state index contributed by atoms with van der Waals surface area (Å²) in [5, 5.41) is 14.2. The maximum atomic E-state index is 10.1. The molecular weight excluding hydrogens is 256 g/mol. The normalized spacial score (nSPS) is 14.6. The molecule has 5 nitrogen and oxygen atoms in total. The molecule has 0 aromatic carbocycles. The van der Waals surface area contributed by atoms with Crippen molar-refractivity contribution in [2.24, 2.45) is 5.41 Å². The zero-order chi connectivity index (χ0) is 15.4. The molecule has 0 aliphatic carbocycles. The SMILES string of the molecule is CCOC(CC)(CC)c1noc(CC(O)C(C)(C)C)n1. The summed E-state index contributed by atoms with van der Waals surface area (Å²) >= 11 is 0. The van der Waals surface area contributed by atoms with Gasteiger partial charge in [-0.25, -0.2) is 0 Å². The van der Waals surface area contributed by atoms with E-state index in [1.54, 1.807) is 0 Å². The Kier molecular flexibility index (Phi) is 5.71. The zero-order valence-corrected chi connectivity index (χ0v) is 13.6. The van der Waals surface area contributed by atoms with E-state index in [2.05, 4.69) is 24.0 Å². The molecule has 0 fully saturated rings. The fourth-order valence-electron chi connectivity index (χ4n) is 2.11. The van der Waals surface area contributed by atoms with Crippen molar-refractivity contribution in [1.82, 2.24) is 10.1 Å². The minimum Gasteiger partial charge on any atom is -0.392 e.